The molecule has 0 N–H and O–H groups in total. The lowest BCUT2D eigenvalue weighted by molar-refractivity contribution is -0.128. The van der Waals surface area contributed by atoms with Gasteiger partial charge >= 0.3 is 6.01 Å². The number of hydrogen-bond acceptors (Lipinski definition) is 7. The maximum Gasteiger partial charge on any atom is 0.316 e. The van der Waals surface area contributed by atoms with Crippen molar-refractivity contribution >= 4 is 5.91 Å². The van der Waals surface area contributed by atoms with E-state index in [0.717, 1.165) is 12.4 Å². The minimum absolute atomic E-state index is 0.0837. The largest absolute Gasteiger partial charge is 0.490 e. The first-order valence-corrected chi connectivity index (χ1v) is 8.65. The van der Waals surface area contributed by atoms with Gasteiger partial charge in [0.2, 0.25) is 5.91 Å². The zero-order valence-electron chi connectivity index (χ0n) is 15.1. The number of carbonyl (C=O) groups is 1. The van der Waals surface area contributed by atoms with Gasteiger partial charge in [-0.3, -0.25) is 9.78 Å². The fourth-order valence-electron chi connectivity index (χ4n) is 2.73. The Labute approximate surface area is 161 Å². The smallest absolute Gasteiger partial charge is 0.316 e. The van der Waals surface area contributed by atoms with Crippen LogP contribution in [0.2, 0.25) is 0 Å². The van der Waals surface area contributed by atoms with Gasteiger partial charge in [-0.25, -0.2) is 14.4 Å². The van der Waals surface area contributed by atoms with E-state index in [2.05, 4.69) is 21.5 Å². The van der Waals surface area contributed by atoms with Gasteiger partial charge in [0.15, 0.2) is 5.82 Å². The second kappa shape index (κ2) is 8.90. The molecule has 2 aromatic heterocycles. The highest BCUT2D eigenvalue weighted by atomic mass is 19.1. The summed E-state index contributed by atoms with van der Waals surface area (Å²) in [5, 5.41) is 9.16. The number of fused-ring (bicyclic) bond motifs is 1. The normalized spacial score (nSPS) is 12.9. The highest BCUT2D eigenvalue weighted by Gasteiger charge is 2.23. The van der Waals surface area contributed by atoms with E-state index in [1.54, 1.807) is 11.1 Å². The van der Waals surface area contributed by atoms with E-state index in [1.807, 2.05) is 6.07 Å². The molecule has 0 aromatic carbocycles. The Hall–Kier alpha value is -3.54. The summed E-state index contributed by atoms with van der Waals surface area (Å²) in [4.78, 5) is 25.8. The molecule has 0 spiro atoms. The van der Waals surface area contributed by atoms with Gasteiger partial charge in [0.25, 0.3) is 0 Å². The minimum atomic E-state index is -0.536. The van der Waals surface area contributed by atoms with Crippen molar-refractivity contribution in [2.45, 2.75) is 19.4 Å². The van der Waals surface area contributed by atoms with Crippen molar-refractivity contribution in [1.29, 1.82) is 5.26 Å². The minimum Gasteiger partial charge on any atom is -0.490 e. The van der Waals surface area contributed by atoms with Crippen LogP contribution >= 0.6 is 0 Å². The van der Waals surface area contributed by atoms with Crippen LogP contribution < -0.4 is 9.47 Å². The molecule has 0 saturated carbocycles. The molecule has 28 heavy (non-hydrogen) atoms. The summed E-state index contributed by atoms with van der Waals surface area (Å²) in [6.45, 7) is 5.12. The Morgan fingerprint density at radius 2 is 2.14 bits per heavy atom. The molecule has 3 heterocycles. The molecular formula is C19H18FN5O3. The van der Waals surface area contributed by atoms with Gasteiger partial charge in [0.05, 0.1) is 32.1 Å². The second-order valence-corrected chi connectivity index (χ2v) is 6.10. The Bertz CT molecular complexity index is 911. The van der Waals surface area contributed by atoms with Crippen LogP contribution in [0, 0.1) is 17.1 Å². The first-order valence-electron chi connectivity index (χ1n) is 8.65. The zero-order chi connectivity index (χ0) is 19.9. The number of amides is 1. The van der Waals surface area contributed by atoms with Crippen molar-refractivity contribution in [3.05, 3.63) is 53.9 Å². The van der Waals surface area contributed by atoms with E-state index < -0.39 is 5.82 Å². The molecule has 9 heteroatoms. The fourth-order valence-corrected chi connectivity index (χ4v) is 2.73. The molecule has 0 unspecified atom stereocenters. The Morgan fingerprint density at radius 3 is 2.89 bits per heavy atom. The molecule has 0 atom stereocenters. The maximum absolute atomic E-state index is 12.7. The third-order valence-electron chi connectivity index (χ3n) is 4.10. The van der Waals surface area contributed by atoms with Crippen LogP contribution in [0.1, 0.15) is 24.0 Å². The molecular weight excluding hydrogens is 365 g/mol. The number of ether oxygens (including phenoxy) is 2. The summed E-state index contributed by atoms with van der Waals surface area (Å²) in [7, 11) is 0. The summed E-state index contributed by atoms with van der Waals surface area (Å²) in [6.07, 6.45) is 6.06. The van der Waals surface area contributed by atoms with E-state index in [1.165, 1.54) is 6.20 Å². The fraction of sp³-hybridized carbons (Fsp3) is 0.316. The molecule has 3 rings (SSSR count). The van der Waals surface area contributed by atoms with Crippen LogP contribution in [-0.2, 0) is 11.3 Å². The number of nitrogens with zero attached hydrogens (tertiary/aromatic N) is 5. The van der Waals surface area contributed by atoms with Gasteiger partial charge in [-0.2, -0.15) is 5.26 Å². The van der Waals surface area contributed by atoms with Gasteiger partial charge in [-0.15, -0.1) is 0 Å². The number of nitriles is 1. The number of aromatic nitrogens is 3. The lowest BCUT2D eigenvalue weighted by atomic mass is 10.1. The van der Waals surface area contributed by atoms with E-state index in [4.69, 9.17) is 14.7 Å². The molecule has 144 valence electrons. The predicted octanol–water partition coefficient (Wildman–Crippen LogP) is 2.02. The summed E-state index contributed by atoms with van der Waals surface area (Å²) >= 11 is 0. The van der Waals surface area contributed by atoms with Crippen molar-refractivity contribution in [3.63, 3.8) is 0 Å². The molecule has 8 nitrogen and oxygen atoms in total. The predicted molar refractivity (Wildman–Crippen MR) is 95.7 cm³/mol. The highest BCUT2D eigenvalue weighted by molar-refractivity contribution is 5.92. The van der Waals surface area contributed by atoms with E-state index in [9.17, 15) is 9.18 Å². The number of pyridine rings is 1. The summed E-state index contributed by atoms with van der Waals surface area (Å²) in [5.41, 5.74) is 1.48. The monoisotopic (exact) mass is 383 g/mol. The van der Waals surface area contributed by atoms with Crippen LogP contribution in [0.25, 0.3) is 0 Å². The number of halogens is 1. The zero-order valence-corrected chi connectivity index (χ0v) is 15.1. The average Bonchev–Trinajstić information content (AvgIpc) is 2.94. The summed E-state index contributed by atoms with van der Waals surface area (Å²) in [5.74, 6) is -0.241. The Morgan fingerprint density at radius 1 is 1.36 bits per heavy atom. The number of hydrogen-bond donors (Lipinski definition) is 0. The number of rotatable bonds is 6. The Kier molecular flexibility index (Phi) is 6.11. The van der Waals surface area contributed by atoms with Gasteiger partial charge in [0.1, 0.15) is 24.0 Å². The van der Waals surface area contributed by atoms with Crippen molar-refractivity contribution in [1.82, 2.24) is 19.9 Å². The van der Waals surface area contributed by atoms with Gasteiger partial charge < -0.3 is 14.4 Å². The molecule has 0 aliphatic carbocycles. The van der Waals surface area contributed by atoms with Crippen LogP contribution in [0.3, 0.4) is 0 Å². The van der Waals surface area contributed by atoms with Crippen molar-refractivity contribution < 1.29 is 18.7 Å². The molecule has 0 radical (unpaired) electrons. The molecule has 0 fully saturated rings. The Balaban J connectivity index is 1.52. The molecule has 1 aliphatic rings. The van der Waals surface area contributed by atoms with E-state index in [0.29, 0.717) is 48.4 Å². The van der Waals surface area contributed by atoms with Gasteiger partial charge in [-0.05, 0) is 12.8 Å². The third-order valence-corrected chi connectivity index (χ3v) is 4.10. The van der Waals surface area contributed by atoms with Crippen LogP contribution in [0.5, 0.6) is 11.8 Å². The first kappa shape index (κ1) is 19.2. The van der Waals surface area contributed by atoms with Gasteiger partial charge in [0, 0.05) is 23.5 Å². The van der Waals surface area contributed by atoms with Gasteiger partial charge in [-0.1, -0.05) is 6.58 Å². The topological polar surface area (TPSA) is 101 Å². The lowest BCUT2D eigenvalue weighted by Gasteiger charge is -2.21. The second-order valence-electron chi connectivity index (χ2n) is 6.10. The van der Waals surface area contributed by atoms with Crippen LogP contribution in [0.15, 0.2) is 36.9 Å². The molecule has 1 aliphatic heterocycles. The lowest BCUT2D eigenvalue weighted by Crippen LogP contribution is -2.33. The SMILES string of the molecule is C=C(CCCOc1ncc(F)cn1)C(=O)N1CCOc2c(C#N)cncc2C1. The first-order chi connectivity index (χ1) is 13.6. The van der Waals surface area contributed by atoms with Crippen LogP contribution in [-0.4, -0.2) is 45.5 Å². The molecule has 0 saturated heterocycles. The van der Waals surface area contributed by atoms with E-state index >= 15 is 0 Å². The molecule has 2 aromatic rings. The van der Waals surface area contributed by atoms with E-state index in [-0.39, 0.29) is 25.1 Å². The maximum atomic E-state index is 12.7. The van der Waals surface area contributed by atoms with Crippen molar-refractivity contribution in [3.8, 4) is 17.8 Å². The highest BCUT2D eigenvalue weighted by Crippen LogP contribution is 2.26. The summed E-state index contributed by atoms with van der Waals surface area (Å²) in [6, 6.07) is 2.13. The average molecular weight is 383 g/mol. The standard InChI is InChI=1S/C19H18FN5O3/c1-13(3-2-5-28-19-23-10-16(20)11-24-19)18(26)25-4-6-27-17-14(7-21)8-22-9-15(17)12-25/h8-11H,1-6,12H2. The summed E-state index contributed by atoms with van der Waals surface area (Å²) < 4.78 is 23.7. The molecule has 0 bridgehead atoms. The quantitative estimate of drug-likeness (QED) is 0.555. The molecule has 1 amide bonds. The van der Waals surface area contributed by atoms with Crippen molar-refractivity contribution in [2.75, 3.05) is 19.8 Å². The number of carbonyl (C=O) groups excluding carboxylic acids is 1. The van der Waals surface area contributed by atoms with Crippen LogP contribution in [0.4, 0.5) is 4.39 Å². The van der Waals surface area contributed by atoms with Crippen molar-refractivity contribution in [2.24, 2.45) is 0 Å². The third kappa shape index (κ3) is 4.59.